The average Bonchev–Trinajstić information content (AvgIpc) is 2.75. The van der Waals surface area contributed by atoms with Gasteiger partial charge in [0.05, 0.1) is 0 Å². The Labute approximate surface area is 127 Å². The summed E-state index contributed by atoms with van der Waals surface area (Å²) in [6.07, 6.45) is 0. The van der Waals surface area contributed by atoms with Crippen LogP contribution in [0.5, 0.6) is 0 Å². The third-order valence-corrected chi connectivity index (χ3v) is 6.04. The van der Waals surface area contributed by atoms with Crippen LogP contribution in [0.4, 0.5) is 5.69 Å². The predicted octanol–water partition coefficient (Wildman–Crippen LogP) is 3.23. The molecule has 0 radical (unpaired) electrons. The van der Waals surface area contributed by atoms with E-state index in [1.165, 1.54) is 11.3 Å². The van der Waals surface area contributed by atoms with Gasteiger partial charge in [-0.3, -0.25) is 4.72 Å². The highest BCUT2D eigenvalue weighted by Crippen LogP contribution is 2.27. The Hall–Kier alpha value is -1.08. The molecule has 0 unspecified atom stereocenters. The number of hydrogen-bond acceptors (Lipinski definition) is 4. The number of thiophene rings is 1. The minimum absolute atomic E-state index is 0.315. The van der Waals surface area contributed by atoms with Crippen LogP contribution < -0.4 is 10.0 Å². The van der Waals surface area contributed by atoms with Crippen LogP contribution in [-0.4, -0.2) is 15.5 Å². The van der Waals surface area contributed by atoms with E-state index in [1.807, 2.05) is 14.0 Å². The highest BCUT2D eigenvalue weighted by Gasteiger charge is 2.18. The summed E-state index contributed by atoms with van der Waals surface area (Å²) in [5, 5.41) is 3.59. The van der Waals surface area contributed by atoms with Crippen molar-refractivity contribution in [1.82, 2.24) is 5.32 Å². The molecule has 0 bridgehead atoms. The van der Waals surface area contributed by atoms with Crippen molar-refractivity contribution in [2.45, 2.75) is 17.7 Å². The summed E-state index contributed by atoms with van der Waals surface area (Å²) >= 11 is 7.05. The van der Waals surface area contributed by atoms with E-state index in [9.17, 15) is 8.42 Å². The van der Waals surface area contributed by atoms with Crippen LogP contribution in [0.15, 0.2) is 34.5 Å². The Morgan fingerprint density at radius 2 is 1.90 bits per heavy atom. The quantitative estimate of drug-likeness (QED) is 0.885. The topological polar surface area (TPSA) is 58.2 Å². The van der Waals surface area contributed by atoms with Gasteiger partial charge in [0.25, 0.3) is 10.0 Å². The third kappa shape index (κ3) is 3.52. The second-order valence-electron chi connectivity index (χ2n) is 4.31. The summed E-state index contributed by atoms with van der Waals surface area (Å²) in [5.41, 5.74) is 1.47. The lowest BCUT2D eigenvalue weighted by molar-refractivity contribution is 0.603. The summed E-state index contributed by atoms with van der Waals surface area (Å²) < 4.78 is 27.5. The summed E-state index contributed by atoms with van der Waals surface area (Å²) in [7, 11) is -1.72. The molecule has 1 aromatic heterocycles. The molecule has 2 rings (SSSR count). The lowest BCUT2D eigenvalue weighted by atomic mass is 10.3. The molecule has 0 aliphatic carbocycles. The molecule has 4 nitrogen and oxygen atoms in total. The van der Waals surface area contributed by atoms with Crippen molar-refractivity contribution >= 4 is 38.6 Å². The first-order valence-electron chi connectivity index (χ1n) is 5.94. The van der Waals surface area contributed by atoms with Crippen molar-refractivity contribution in [1.29, 1.82) is 0 Å². The minimum Gasteiger partial charge on any atom is -0.315 e. The highest BCUT2D eigenvalue weighted by atomic mass is 35.5. The first-order chi connectivity index (χ1) is 9.42. The van der Waals surface area contributed by atoms with Gasteiger partial charge in [-0.25, -0.2) is 8.42 Å². The summed E-state index contributed by atoms with van der Waals surface area (Å²) in [5.74, 6) is 0. The monoisotopic (exact) mass is 330 g/mol. The Morgan fingerprint density at radius 1 is 1.25 bits per heavy atom. The molecule has 0 saturated carbocycles. The average molecular weight is 331 g/mol. The Balaban J connectivity index is 2.26. The minimum atomic E-state index is -3.55. The maximum absolute atomic E-state index is 12.3. The first kappa shape index (κ1) is 15.3. The van der Waals surface area contributed by atoms with Crippen LogP contribution in [0.3, 0.4) is 0 Å². The normalized spacial score (nSPS) is 11.6. The maximum atomic E-state index is 12.3. The molecule has 1 heterocycles. The van der Waals surface area contributed by atoms with E-state index < -0.39 is 10.0 Å². The van der Waals surface area contributed by atoms with Gasteiger partial charge in [-0.1, -0.05) is 11.6 Å². The van der Waals surface area contributed by atoms with E-state index in [4.69, 9.17) is 11.6 Å². The second kappa shape index (κ2) is 6.13. The van der Waals surface area contributed by atoms with Gasteiger partial charge in [0.15, 0.2) is 0 Å². The number of nitrogens with one attached hydrogen (secondary N) is 2. The van der Waals surface area contributed by atoms with Crippen molar-refractivity contribution in [2.24, 2.45) is 0 Å². The van der Waals surface area contributed by atoms with E-state index in [0.717, 1.165) is 10.4 Å². The lowest BCUT2D eigenvalue weighted by Gasteiger charge is -2.05. The van der Waals surface area contributed by atoms with Gasteiger partial charge in [0, 0.05) is 22.1 Å². The van der Waals surface area contributed by atoms with Crippen molar-refractivity contribution in [2.75, 3.05) is 11.8 Å². The maximum Gasteiger partial charge on any atom is 0.271 e. The lowest BCUT2D eigenvalue weighted by Crippen LogP contribution is -2.11. The van der Waals surface area contributed by atoms with E-state index >= 15 is 0 Å². The van der Waals surface area contributed by atoms with Crippen LogP contribution in [0, 0.1) is 6.92 Å². The number of rotatable bonds is 5. The second-order valence-corrected chi connectivity index (χ2v) is 7.80. The van der Waals surface area contributed by atoms with Crippen molar-refractivity contribution in [3.63, 3.8) is 0 Å². The number of aryl methyl sites for hydroxylation is 1. The van der Waals surface area contributed by atoms with Crippen LogP contribution in [-0.2, 0) is 16.6 Å². The molecular formula is C13H15ClN2O2S2. The summed E-state index contributed by atoms with van der Waals surface area (Å²) in [6, 6.07) is 8.25. The molecule has 108 valence electrons. The fourth-order valence-electron chi connectivity index (χ4n) is 1.68. The molecular weight excluding hydrogens is 316 g/mol. The number of anilines is 1. The number of hydrogen-bond donors (Lipinski definition) is 2. The molecule has 1 aromatic carbocycles. The molecule has 0 saturated heterocycles. The zero-order chi connectivity index (χ0) is 14.8. The van der Waals surface area contributed by atoms with E-state index in [2.05, 4.69) is 10.0 Å². The van der Waals surface area contributed by atoms with Crippen molar-refractivity contribution in [3.8, 4) is 0 Å². The fraction of sp³-hybridized carbons (Fsp3) is 0.231. The van der Waals surface area contributed by atoms with Crippen molar-refractivity contribution in [3.05, 3.63) is 45.8 Å². The summed E-state index contributed by atoms with van der Waals surface area (Å²) in [4.78, 5) is 1.02. The van der Waals surface area contributed by atoms with Crippen LogP contribution in [0.1, 0.15) is 10.4 Å². The van der Waals surface area contributed by atoms with Gasteiger partial charge in [0.2, 0.25) is 0 Å². The van der Waals surface area contributed by atoms with Gasteiger partial charge < -0.3 is 5.32 Å². The smallest absolute Gasteiger partial charge is 0.271 e. The zero-order valence-corrected chi connectivity index (χ0v) is 13.5. The third-order valence-electron chi connectivity index (χ3n) is 2.70. The Morgan fingerprint density at radius 3 is 2.50 bits per heavy atom. The SMILES string of the molecule is CNCc1sc(S(=O)(=O)Nc2ccc(Cl)cc2)cc1C. The number of sulfonamides is 1. The predicted molar refractivity (Wildman–Crippen MR) is 84.1 cm³/mol. The van der Waals surface area contributed by atoms with Gasteiger partial charge in [-0.2, -0.15) is 0 Å². The standard InChI is InChI=1S/C13H15ClN2O2S2/c1-9-7-13(19-12(9)8-15-2)20(17,18)16-11-5-3-10(14)4-6-11/h3-7,15-16H,8H2,1-2H3. The largest absolute Gasteiger partial charge is 0.315 e. The fourth-order valence-corrected chi connectivity index (χ4v) is 4.47. The van der Waals surface area contributed by atoms with Gasteiger partial charge >= 0.3 is 0 Å². The van der Waals surface area contributed by atoms with Crippen LogP contribution in [0.2, 0.25) is 5.02 Å². The molecule has 20 heavy (non-hydrogen) atoms. The van der Waals surface area contributed by atoms with Gasteiger partial charge in [-0.15, -0.1) is 11.3 Å². The molecule has 0 atom stereocenters. The van der Waals surface area contributed by atoms with Crippen LogP contribution in [0.25, 0.3) is 0 Å². The molecule has 0 aliphatic rings. The van der Waals surface area contributed by atoms with Gasteiger partial charge in [0.1, 0.15) is 4.21 Å². The van der Waals surface area contributed by atoms with Crippen molar-refractivity contribution < 1.29 is 8.42 Å². The highest BCUT2D eigenvalue weighted by molar-refractivity contribution is 7.94. The molecule has 2 N–H and O–H groups in total. The Bertz CT molecular complexity index is 694. The molecule has 2 aromatic rings. The first-order valence-corrected chi connectivity index (χ1v) is 8.62. The number of benzene rings is 1. The van der Waals surface area contributed by atoms with Crippen LogP contribution >= 0.6 is 22.9 Å². The molecule has 0 aliphatic heterocycles. The zero-order valence-electron chi connectivity index (χ0n) is 11.1. The molecule has 7 heteroatoms. The number of halogens is 1. The molecule has 0 spiro atoms. The van der Waals surface area contributed by atoms with E-state index in [1.54, 1.807) is 30.3 Å². The Kier molecular flexibility index (Phi) is 4.70. The molecule has 0 amide bonds. The van der Waals surface area contributed by atoms with E-state index in [-0.39, 0.29) is 0 Å². The summed E-state index contributed by atoms with van der Waals surface area (Å²) in [6.45, 7) is 2.57. The van der Waals surface area contributed by atoms with E-state index in [0.29, 0.717) is 21.5 Å². The molecule has 0 fully saturated rings. The van der Waals surface area contributed by atoms with Gasteiger partial charge in [-0.05, 0) is 49.9 Å².